The molecule has 37 heavy (non-hydrogen) atoms. The molecule has 5 rings (SSSR count). The van der Waals surface area contributed by atoms with Gasteiger partial charge < -0.3 is 28.3 Å². The smallest absolute Gasteiger partial charge is 0.343 e. The lowest BCUT2D eigenvalue weighted by Crippen LogP contribution is -2.35. The number of ether oxygens (including phenoxy) is 5. The molecule has 2 aromatic carbocycles. The molecule has 9 nitrogen and oxygen atoms in total. The van der Waals surface area contributed by atoms with E-state index in [0.29, 0.717) is 49.6 Å². The molecule has 0 radical (unpaired) electrons. The highest BCUT2D eigenvalue weighted by atomic mass is 16.7. The minimum Gasteiger partial charge on any atom is -0.482 e. The fraction of sp³-hybridized carbons (Fsp3) is 0.429. The summed E-state index contributed by atoms with van der Waals surface area (Å²) in [6, 6.07) is 11.9. The first-order chi connectivity index (χ1) is 18.1. The van der Waals surface area contributed by atoms with E-state index in [1.54, 1.807) is 20.2 Å². The van der Waals surface area contributed by atoms with E-state index in [4.69, 9.17) is 23.7 Å². The van der Waals surface area contributed by atoms with E-state index >= 15 is 0 Å². The van der Waals surface area contributed by atoms with Crippen LogP contribution in [-0.4, -0.2) is 62.2 Å². The third-order valence-corrected chi connectivity index (χ3v) is 6.63. The summed E-state index contributed by atoms with van der Waals surface area (Å²) in [4.78, 5) is 28.4. The molecule has 1 saturated heterocycles. The van der Waals surface area contributed by atoms with Crippen LogP contribution in [0, 0.1) is 0 Å². The van der Waals surface area contributed by atoms with Crippen LogP contribution in [0.25, 0.3) is 10.9 Å². The van der Waals surface area contributed by atoms with Gasteiger partial charge in [0.25, 0.3) is 0 Å². The molecule has 0 N–H and O–H groups in total. The lowest BCUT2D eigenvalue weighted by atomic mass is 10.0. The molecule has 2 aliphatic rings. The fourth-order valence-corrected chi connectivity index (χ4v) is 4.92. The largest absolute Gasteiger partial charge is 0.482 e. The number of nitrogens with zero attached hydrogens (tertiary/aromatic N) is 2. The van der Waals surface area contributed by atoms with Crippen LogP contribution < -0.4 is 10.2 Å². The van der Waals surface area contributed by atoms with Gasteiger partial charge in [-0.2, -0.15) is 0 Å². The van der Waals surface area contributed by atoms with E-state index in [9.17, 15) is 9.59 Å². The zero-order valence-corrected chi connectivity index (χ0v) is 21.2. The Bertz CT molecular complexity index is 1330. The summed E-state index contributed by atoms with van der Waals surface area (Å²) in [7, 11) is 1.59. The summed E-state index contributed by atoms with van der Waals surface area (Å²) in [5.41, 5.74) is 3.32. The Morgan fingerprint density at radius 3 is 2.76 bits per heavy atom. The summed E-state index contributed by atoms with van der Waals surface area (Å²) in [6.45, 7) is 6.68. The molecule has 2 aliphatic heterocycles. The molecule has 9 heteroatoms. The molecular weight excluding hydrogens is 476 g/mol. The lowest BCUT2D eigenvalue weighted by molar-refractivity contribution is -0.0391. The first-order valence-corrected chi connectivity index (χ1v) is 12.6. The molecule has 196 valence electrons. The topological polar surface area (TPSA) is 88.5 Å². The molecular formula is C28H32N2O7. The van der Waals surface area contributed by atoms with Crippen LogP contribution in [0.3, 0.4) is 0 Å². The summed E-state index contributed by atoms with van der Waals surface area (Å²) < 4.78 is 29.6. The molecule has 0 saturated carbocycles. The maximum Gasteiger partial charge on any atom is 0.343 e. The molecule has 1 atom stereocenters. The van der Waals surface area contributed by atoms with E-state index in [1.807, 2.05) is 34.9 Å². The van der Waals surface area contributed by atoms with Crippen LogP contribution >= 0.6 is 0 Å². The number of carbonyl (C=O) groups is 1. The molecule has 0 spiro atoms. The van der Waals surface area contributed by atoms with Crippen LogP contribution in [0.1, 0.15) is 40.1 Å². The minimum atomic E-state index is -0.612. The quantitative estimate of drug-likeness (QED) is 0.247. The van der Waals surface area contributed by atoms with E-state index in [1.165, 1.54) is 0 Å². The number of hydrogen-bond acceptors (Lipinski definition) is 8. The second-order valence-corrected chi connectivity index (χ2v) is 9.23. The second-order valence-electron chi connectivity index (χ2n) is 9.23. The van der Waals surface area contributed by atoms with Crippen molar-refractivity contribution in [2.24, 2.45) is 0 Å². The summed E-state index contributed by atoms with van der Waals surface area (Å²) >= 11 is 0. The number of hydrogen-bond donors (Lipinski definition) is 0. The Morgan fingerprint density at radius 1 is 1.14 bits per heavy atom. The van der Waals surface area contributed by atoms with Gasteiger partial charge in [-0.15, -0.1) is 0 Å². The van der Waals surface area contributed by atoms with Crippen molar-refractivity contribution in [3.8, 4) is 5.75 Å². The summed E-state index contributed by atoms with van der Waals surface area (Å²) in [6.07, 6.45) is 1.30. The third-order valence-electron chi connectivity index (χ3n) is 6.63. The predicted octanol–water partition coefficient (Wildman–Crippen LogP) is 3.26. The summed E-state index contributed by atoms with van der Waals surface area (Å²) in [5, 5.41) is 0.464. The normalized spacial score (nSPS) is 17.5. The van der Waals surface area contributed by atoms with Gasteiger partial charge in [0.2, 0.25) is 5.43 Å². The second kappa shape index (κ2) is 11.4. The average molecular weight is 509 g/mol. The number of aromatic nitrogens is 1. The van der Waals surface area contributed by atoms with Gasteiger partial charge in [-0.3, -0.25) is 9.69 Å². The van der Waals surface area contributed by atoms with Gasteiger partial charge in [0.05, 0.1) is 43.9 Å². The van der Waals surface area contributed by atoms with Gasteiger partial charge in [-0.1, -0.05) is 18.2 Å². The van der Waals surface area contributed by atoms with E-state index in [-0.39, 0.29) is 30.5 Å². The Labute approximate surface area is 215 Å². The maximum absolute atomic E-state index is 13.4. The minimum absolute atomic E-state index is 0.0335. The summed E-state index contributed by atoms with van der Waals surface area (Å²) in [5.74, 6) is 0.0177. The lowest BCUT2D eigenvalue weighted by Gasteiger charge is -2.31. The van der Waals surface area contributed by atoms with E-state index in [2.05, 4.69) is 11.0 Å². The highest BCUT2D eigenvalue weighted by molar-refractivity contribution is 5.95. The van der Waals surface area contributed by atoms with Gasteiger partial charge in [0.15, 0.2) is 0 Å². The van der Waals surface area contributed by atoms with E-state index in [0.717, 1.165) is 29.8 Å². The molecule has 3 heterocycles. The van der Waals surface area contributed by atoms with Gasteiger partial charge in [-0.05, 0) is 41.8 Å². The van der Waals surface area contributed by atoms with Crippen LogP contribution in [0.4, 0.5) is 0 Å². The van der Waals surface area contributed by atoms with Crippen LogP contribution in [-0.2, 0) is 38.6 Å². The van der Waals surface area contributed by atoms with Gasteiger partial charge in [0.1, 0.15) is 24.2 Å². The molecule has 0 amide bonds. The Kier molecular flexibility index (Phi) is 7.85. The number of esters is 1. The number of carbonyl (C=O) groups excluding carboxylic acids is 1. The first-order valence-electron chi connectivity index (χ1n) is 12.6. The van der Waals surface area contributed by atoms with Crippen molar-refractivity contribution in [2.75, 3.05) is 46.8 Å². The van der Waals surface area contributed by atoms with Crippen molar-refractivity contribution in [1.82, 2.24) is 9.47 Å². The zero-order valence-electron chi connectivity index (χ0n) is 21.2. The average Bonchev–Trinajstić information content (AvgIpc) is 2.91. The molecule has 1 unspecified atom stereocenters. The molecule has 1 aromatic heterocycles. The molecule has 1 fully saturated rings. The van der Waals surface area contributed by atoms with Crippen molar-refractivity contribution < 1.29 is 28.5 Å². The number of pyridine rings is 1. The highest BCUT2D eigenvalue weighted by Gasteiger charge is 2.28. The first kappa shape index (κ1) is 25.4. The fourth-order valence-electron chi connectivity index (χ4n) is 4.92. The number of rotatable bonds is 9. The Hall–Kier alpha value is -3.24. The third kappa shape index (κ3) is 5.55. The van der Waals surface area contributed by atoms with Crippen molar-refractivity contribution in [2.45, 2.75) is 32.7 Å². The van der Waals surface area contributed by atoms with Crippen LogP contribution in [0.15, 0.2) is 47.4 Å². The number of methoxy groups -OCH3 is 1. The molecule has 0 aliphatic carbocycles. The SMILES string of the molecule is CCOC(=O)c1cn2c3c(cc(CN4CCOCC4)cc3c1=O)OC(c1cccc(COCOC)c1)C2. The predicted molar refractivity (Wildman–Crippen MR) is 137 cm³/mol. The van der Waals surface area contributed by atoms with Gasteiger partial charge >= 0.3 is 5.97 Å². The number of benzene rings is 2. The van der Waals surface area contributed by atoms with Crippen LogP contribution in [0.5, 0.6) is 5.75 Å². The Balaban J connectivity index is 1.54. The Morgan fingerprint density at radius 2 is 1.97 bits per heavy atom. The van der Waals surface area contributed by atoms with Crippen molar-refractivity contribution >= 4 is 16.9 Å². The van der Waals surface area contributed by atoms with Crippen molar-refractivity contribution in [3.05, 3.63) is 75.1 Å². The highest BCUT2D eigenvalue weighted by Crippen LogP contribution is 2.36. The maximum atomic E-state index is 13.4. The zero-order chi connectivity index (χ0) is 25.8. The molecule has 0 bridgehead atoms. The monoisotopic (exact) mass is 508 g/mol. The van der Waals surface area contributed by atoms with E-state index < -0.39 is 5.97 Å². The van der Waals surface area contributed by atoms with Gasteiger partial charge in [-0.25, -0.2) is 4.79 Å². The standard InChI is InChI=1S/C28H32N2O7/c1-3-36-28(32)23-15-30-16-25(21-6-4-5-19(11-21)17-35-18-33-2)37-24-13-20(12-22(26(24)30)27(23)31)14-29-7-9-34-10-8-29/h4-6,11-13,15,25H,3,7-10,14,16-18H2,1-2H3. The van der Waals surface area contributed by atoms with Crippen molar-refractivity contribution in [3.63, 3.8) is 0 Å². The van der Waals surface area contributed by atoms with Crippen molar-refractivity contribution in [1.29, 1.82) is 0 Å². The number of morpholine rings is 1. The van der Waals surface area contributed by atoms with Gasteiger partial charge in [0, 0.05) is 32.9 Å². The molecule has 3 aromatic rings. The van der Waals surface area contributed by atoms with Crippen LogP contribution in [0.2, 0.25) is 0 Å².